The number of likely N-dealkylation sites (tertiary alicyclic amines) is 1. The summed E-state index contributed by atoms with van der Waals surface area (Å²) in [5.74, 6) is -0.681. The van der Waals surface area contributed by atoms with Crippen molar-refractivity contribution in [2.24, 2.45) is 5.92 Å². The van der Waals surface area contributed by atoms with E-state index in [4.69, 9.17) is 15.1 Å². The number of amides is 1. The van der Waals surface area contributed by atoms with Gasteiger partial charge in [0.15, 0.2) is 0 Å². The van der Waals surface area contributed by atoms with Gasteiger partial charge in [-0.25, -0.2) is 9.97 Å². The molecule has 0 aliphatic carbocycles. The number of hydrogen-bond acceptors (Lipinski definition) is 4. The van der Waals surface area contributed by atoms with Gasteiger partial charge in [-0.2, -0.15) is 13.2 Å². The molecule has 6 nitrogen and oxygen atoms in total. The second-order valence-corrected chi connectivity index (χ2v) is 11.0. The van der Waals surface area contributed by atoms with Crippen molar-refractivity contribution in [2.75, 3.05) is 13.1 Å². The quantitative estimate of drug-likeness (QED) is 0.237. The smallest absolute Gasteiger partial charge is 0.416 e. The molecular formula is C33H32F3N3O3. The van der Waals surface area contributed by atoms with Crippen molar-refractivity contribution in [3.8, 4) is 11.3 Å². The molecule has 0 bridgehead atoms. The third-order valence-electron chi connectivity index (χ3n) is 7.92. The lowest BCUT2D eigenvalue weighted by Crippen LogP contribution is -2.37. The van der Waals surface area contributed by atoms with Crippen LogP contribution in [-0.4, -0.2) is 44.9 Å². The zero-order chi connectivity index (χ0) is 29.9. The van der Waals surface area contributed by atoms with Crippen LogP contribution >= 0.6 is 0 Å². The van der Waals surface area contributed by atoms with Crippen LogP contribution in [0.25, 0.3) is 22.3 Å². The predicted octanol–water partition coefficient (Wildman–Crippen LogP) is 7.38. The fourth-order valence-electron chi connectivity index (χ4n) is 5.55. The van der Waals surface area contributed by atoms with E-state index in [-0.39, 0.29) is 18.2 Å². The fraction of sp³-hybridized carbons (Fsp3) is 0.333. The highest BCUT2D eigenvalue weighted by molar-refractivity contribution is 5.97. The van der Waals surface area contributed by atoms with Gasteiger partial charge in [0.05, 0.1) is 28.0 Å². The van der Waals surface area contributed by atoms with Crippen LogP contribution in [-0.2, 0) is 17.4 Å². The maximum absolute atomic E-state index is 13.4. The van der Waals surface area contributed by atoms with E-state index in [1.54, 1.807) is 18.2 Å². The van der Waals surface area contributed by atoms with Gasteiger partial charge in [0.1, 0.15) is 0 Å². The van der Waals surface area contributed by atoms with Gasteiger partial charge in [-0.1, -0.05) is 49.4 Å². The van der Waals surface area contributed by atoms with E-state index in [9.17, 15) is 22.8 Å². The number of fused-ring (bicyclic) bond motifs is 1. The highest BCUT2D eigenvalue weighted by atomic mass is 19.4. The molecule has 1 unspecified atom stereocenters. The van der Waals surface area contributed by atoms with Gasteiger partial charge >= 0.3 is 12.1 Å². The number of carboxylic acids is 1. The first-order valence-corrected chi connectivity index (χ1v) is 14.1. The number of aromatic nitrogens is 2. The van der Waals surface area contributed by atoms with Gasteiger partial charge in [-0.3, -0.25) is 9.59 Å². The first kappa shape index (κ1) is 29.2. The number of alkyl halides is 3. The highest BCUT2D eigenvalue weighted by Gasteiger charge is 2.30. The number of carbonyl (C=O) groups is 2. The van der Waals surface area contributed by atoms with Crippen LogP contribution < -0.4 is 0 Å². The minimum atomic E-state index is -4.46. The summed E-state index contributed by atoms with van der Waals surface area (Å²) in [4.78, 5) is 36.0. The number of nitrogens with zero attached hydrogens (tertiary/aromatic N) is 3. The van der Waals surface area contributed by atoms with E-state index in [2.05, 4.69) is 12.1 Å². The van der Waals surface area contributed by atoms with E-state index in [1.807, 2.05) is 30.0 Å². The molecule has 4 aromatic rings. The normalized spacial score (nSPS) is 15.1. The van der Waals surface area contributed by atoms with Crippen LogP contribution in [0.4, 0.5) is 13.2 Å². The number of hydrogen-bond donors (Lipinski definition) is 1. The average molecular weight is 576 g/mol. The van der Waals surface area contributed by atoms with E-state index >= 15 is 0 Å². The summed E-state index contributed by atoms with van der Waals surface area (Å²) in [7, 11) is 0. The highest BCUT2D eigenvalue weighted by Crippen LogP contribution is 2.33. The lowest BCUT2D eigenvalue weighted by atomic mass is 9.89. The third-order valence-corrected chi connectivity index (χ3v) is 7.92. The lowest BCUT2D eigenvalue weighted by Gasteiger charge is -2.32. The van der Waals surface area contributed by atoms with Gasteiger partial charge in [-0.15, -0.1) is 0 Å². The summed E-state index contributed by atoms with van der Waals surface area (Å²) in [5.41, 5.74) is 3.55. The molecule has 1 saturated heterocycles. The molecule has 3 aromatic carbocycles. The summed E-state index contributed by atoms with van der Waals surface area (Å²) in [6, 6.07) is 20.3. The molecule has 1 fully saturated rings. The van der Waals surface area contributed by atoms with Crippen LogP contribution in [0.15, 0.2) is 72.8 Å². The molecule has 42 heavy (non-hydrogen) atoms. The zero-order valence-corrected chi connectivity index (χ0v) is 23.3. The van der Waals surface area contributed by atoms with Crippen molar-refractivity contribution in [3.63, 3.8) is 0 Å². The monoisotopic (exact) mass is 575 g/mol. The molecule has 0 radical (unpaired) electrons. The largest absolute Gasteiger partial charge is 0.481 e. The molecule has 9 heteroatoms. The second kappa shape index (κ2) is 12.3. The number of rotatable bonds is 8. The minimum Gasteiger partial charge on any atom is -0.481 e. The van der Waals surface area contributed by atoms with Gasteiger partial charge in [0.2, 0.25) is 0 Å². The van der Waals surface area contributed by atoms with Gasteiger partial charge in [-0.05, 0) is 73.4 Å². The van der Waals surface area contributed by atoms with E-state index < -0.39 is 17.7 Å². The topological polar surface area (TPSA) is 83.4 Å². The predicted molar refractivity (Wildman–Crippen MR) is 154 cm³/mol. The Kier molecular flexibility index (Phi) is 8.56. The Balaban J connectivity index is 1.41. The molecule has 0 spiro atoms. The van der Waals surface area contributed by atoms with Crippen LogP contribution in [0.2, 0.25) is 0 Å². The lowest BCUT2D eigenvalue weighted by molar-refractivity contribution is -0.138. The van der Waals surface area contributed by atoms with Gasteiger partial charge in [0, 0.05) is 30.6 Å². The maximum atomic E-state index is 13.4. The zero-order valence-electron chi connectivity index (χ0n) is 23.3. The summed E-state index contributed by atoms with van der Waals surface area (Å²) >= 11 is 0. The molecule has 1 aliphatic rings. The summed E-state index contributed by atoms with van der Waals surface area (Å²) in [6.07, 6.45) is -1.79. The minimum absolute atomic E-state index is 0.00373. The molecule has 218 valence electrons. The molecular weight excluding hydrogens is 543 g/mol. The fourth-order valence-corrected chi connectivity index (χ4v) is 5.55. The van der Waals surface area contributed by atoms with Gasteiger partial charge < -0.3 is 10.0 Å². The molecule has 5 rings (SSSR count). The molecule has 1 amide bonds. The number of aliphatic carboxylic acids is 1. The third kappa shape index (κ3) is 6.78. The summed E-state index contributed by atoms with van der Waals surface area (Å²) < 4.78 is 39.5. The Morgan fingerprint density at radius 1 is 0.952 bits per heavy atom. The molecule has 1 atom stereocenters. The Morgan fingerprint density at radius 3 is 2.29 bits per heavy atom. The number of carbonyl (C=O) groups excluding carboxylic acids is 1. The summed E-state index contributed by atoms with van der Waals surface area (Å²) in [6.45, 7) is 3.14. The van der Waals surface area contributed by atoms with Crippen molar-refractivity contribution in [3.05, 3.63) is 95.2 Å². The first-order chi connectivity index (χ1) is 20.1. The van der Waals surface area contributed by atoms with Crippen LogP contribution in [0, 0.1) is 5.92 Å². The van der Waals surface area contributed by atoms with Crippen molar-refractivity contribution in [2.45, 2.75) is 51.1 Å². The molecule has 1 aliphatic heterocycles. The molecule has 1 N–H and O–H groups in total. The number of carboxylic acid groups (broad SMARTS) is 1. The number of aryl methyl sites for hydroxylation is 1. The molecule has 1 aromatic heterocycles. The van der Waals surface area contributed by atoms with Crippen molar-refractivity contribution >= 4 is 22.9 Å². The SMILES string of the molecule is CC(CCc1nc2cc(C(=O)N3CCC(c4ccccc4)CC3)ccc2nc1-c1ccc(C(F)(F)F)cc1)CC(=O)O. The summed E-state index contributed by atoms with van der Waals surface area (Å²) in [5, 5.41) is 9.15. The van der Waals surface area contributed by atoms with Gasteiger partial charge in [0.25, 0.3) is 5.91 Å². The average Bonchev–Trinajstić information content (AvgIpc) is 2.99. The Hall–Kier alpha value is -4.27. The van der Waals surface area contributed by atoms with Crippen molar-refractivity contribution in [1.29, 1.82) is 0 Å². The van der Waals surface area contributed by atoms with Crippen LogP contribution in [0.3, 0.4) is 0 Å². The molecule has 2 heterocycles. The first-order valence-electron chi connectivity index (χ1n) is 14.1. The van der Waals surface area contributed by atoms with Crippen molar-refractivity contribution < 1.29 is 27.9 Å². The number of halogens is 3. The number of benzene rings is 3. The second-order valence-electron chi connectivity index (χ2n) is 11.0. The standard InChI is InChI=1S/C33H32F3N3O3/c1-21(19-30(40)41)7-13-28-31(24-8-11-26(12-9-24)33(34,35)36)38-27-14-10-25(20-29(27)37-28)32(42)39-17-15-23(16-18-39)22-5-3-2-4-6-22/h2-6,8-12,14,20-21,23H,7,13,15-19H2,1H3,(H,40,41). The van der Waals surface area contributed by atoms with E-state index in [1.165, 1.54) is 17.7 Å². The Bertz CT molecular complexity index is 1570. The van der Waals surface area contributed by atoms with Crippen molar-refractivity contribution in [1.82, 2.24) is 14.9 Å². The Labute approximate surface area is 242 Å². The van der Waals surface area contributed by atoms with Crippen LogP contribution in [0.5, 0.6) is 0 Å². The van der Waals surface area contributed by atoms with Crippen LogP contribution in [0.1, 0.15) is 65.7 Å². The number of piperidine rings is 1. The maximum Gasteiger partial charge on any atom is 0.416 e. The Morgan fingerprint density at radius 2 is 1.64 bits per heavy atom. The molecule has 0 saturated carbocycles. The van der Waals surface area contributed by atoms with E-state index in [0.717, 1.165) is 25.0 Å². The van der Waals surface area contributed by atoms with E-state index in [0.29, 0.717) is 65.4 Å².